The van der Waals surface area contributed by atoms with Gasteiger partial charge in [0, 0.05) is 11.8 Å². The van der Waals surface area contributed by atoms with Gasteiger partial charge in [-0.15, -0.1) is 5.10 Å². The Morgan fingerprint density at radius 1 is 1.36 bits per heavy atom. The van der Waals surface area contributed by atoms with Gasteiger partial charge in [-0.25, -0.2) is 0 Å². The van der Waals surface area contributed by atoms with E-state index in [1.165, 1.54) is 11.8 Å². The van der Waals surface area contributed by atoms with E-state index in [0.29, 0.717) is 5.16 Å². The van der Waals surface area contributed by atoms with Gasteiger partial charge in [0.25, 0.3) is 5.56 Å². The third-order valence-electron chi connectivity index (χ3n) is 3.14. The number of nitriles is 1. The van der Waals surface area contributed by atoms with E-state index in [9.17, 15) is 15.2 Å². The molecule has 1 N–H and O–H groups in total. The number of thioether (sulfide) groups is 1. The predicted octanol–water partition coefficient (Wildman–Crippen LogP) is 2.17. The van der Waals surface area contributed by atoms with Crippen molar-refractivity contribution in [2.45, 2.75) is 12.1 Å². The number of pyridine rings is 1. The molecule has 3 aromatic rings. The quantitative estimate of drug-likeness (QED) is 0.749. The summed E-state index contributed by atoms with van der Waals surface area (Å²) in [4.78, 5) is 12.1. The second-order valence-corrected chi connectivity index (χ2v) is 5.71. The maximum atomic E-state index is 12.1. The first-order valence-corrected chi connectivity index (χ1v) is 7.62. The molecule has 0 saturated heterocycles. The van der Waals surface area contributed by atoms with Gasteiger partial charge in [-0.2, -0.15) is 9.78 Å². The minimum Gasteiger partial charge on any atom is -0.506 e. The van der Waals surface area contributed by atoms with E-state index in [-0.39, 0.29) is 17.0 Å². The Hall–Kier alpha value is -2.72. The molecule has 0 unspecified atom stereocenters. The number of benzene rings is 1. The van der Waals surface area contributed by atoms with Crippen molar-refractivity contribution in [2.75, 3.05) is 5.75 Å². The van der Waals surface area contributed by atoms with E-state index >= 15 is 0 Å². The van der Waals surface area contributed by atoms with Gasteiger partial charge in [-0.1, -0.05) is 36.9 Å². The van der Waals surface area contributed by atoms with Crippen molar-refractivity contribution in [3.63, 3.8) is 0 Å². The summed E-state index contributed by atoms with van der Waals surface area (Å²) in [5, 5.41) is 24.1. The molecule has 6 nitrogen and oxygen atoms in total. The number of aromatic nitrogens is 3. The molecule has 22 heavy (non-hydrogen) atoms. The van der Waals surface area contributed by atoms with E-state index < -0.39 is 5.56 Å². The average Bonchev–Trinajstić information content (AvgIpc) is 2.88. The molecule has 0 aliphatic heterocycles. The Morgan fingerprint density at radius 2 is 2.09 bits per heavy atom. The zero-order valence-corrected chi connectivity index (χ0v) is 12.5. The lowest BCUT2D eigenvalue weighted by atomic mass is 10.2. The monoisotopic (exact) mass is 312 g/mol. The lowest BCUT2D eigenvalue weighted by Gasteiger charge is -2.08. The largest absolute Gasteiger partial charge is 0.506 e. The number of para-hydroxylation sites is 1. The number of hydrogen-bond donors (Lipinski definition) is 1. The van der Waals surface area contributed by atoms with Crippen LogP contribution in [0.25, 0.3) is 11.3 Å². The fourth-order valence-corrected chi connectivity index (χ4v) is 2.96. The second-order valence-electron chi connectivity index (χ2n) is 4.48. The first-order chi connectivity index (χ1) is 10.7. The molecule has 0 spiro atoms. The molecule has 0 saturated carbocycles. The van der Waals surface area contributed by atoms with Crippen LogP contribution in [0.2, 0.25) is 0 Å². The van der Waals surface area contributed by atoms with Gasteiger partial charge in [-0.05, 0) is 17.9 Å². The van der Waals surface area contributed by atoms with Crippen LogP contribution >= 0.6 is 11.8 Å². The predicted molar refractivity (Wildman–Crippen MR) is 83.6 cm³/mol. The van der Waals surface area contributed by atoms with Crippen LogP contribution in [0.3, 0.4) is 0 Å². The summed E-state index contributed by atoms with van der Waals surface area (Å²) in [6.45, 7) is 1.98. The number of nitrogens with zero attached hydrogens (tertiary/aromatic N) is 4. The minimum atomic E-state index is -0.473. The molecule has 0 aliphatic carbocycles. The highest BCUT2D eigenvalue weighted by Crippen LogP contribution is 2.27. The Kier molecular flexibility index (Phi) is 3.61. The number of hydrogen-bond acceptors (Lipinski definition) is 5. The SMILES string of the molecule is CCSc1nn2c(=O)cc(O)c(C#N)c2n1-c1ccccc1. The van der Waals surface area contributed by atoms with Crippen molar-refractivity contribution in [3.8, 4) is 17.5 Å². The molecule has 0 atom stereocenters. The zero-order chi connectivity index (χ0) is 15.7. The first-order valence-electron chi connectivity index (χ1n) is 6.63. The fourth-order valence-electron chi connectivity index (χ4n) is 2.24. The van der Waals surface area contributed by atoms with Gasteiger partial charge in [0.1, 0.15) is 17.4 Å². The summed E-state index contributed by atoms with van der Waals surface area (Å²) >= 11 is 1.46. The van der Waals surface area contributed by atoms with Gasteiger partial charge >= 0.3 is 0 Å². The van der Waals surface area contributed by atoms with Crippen LogP contribution in [0.15, 0.2) is 46.3 Å². The fraction of sp³-hybridized carbons (Fsp3) is 0.133. The molecule has 2 heterocycles. The number of rotatable bonds is 3. The van der Waals surface area contributed by atoms with Gasteiger partial charge < -0.3 is 5.11 Å². The lowest BCUT2D eigenvalue weighted by molar-refractivity contribution is 0.472. The van der Waals surface area contributed by atoms with Crippen LogP contribution in [0.1, 0.15) is 12.5 Å². The third-order valence-corrected chi connectivity index (χ3v) is 3.95. The molecule has 3 rings (SSSR count). The molecule has 0 radical (unpaired) electrons. The van der Waals surface area contributed by atoms with E-state index in [0.717, 1.165) is 22.0 Å². The van der Waals surface area contributed by atoms with Crippen molar-refractivity contribution < 1.29 is 5.11 Å². The maximum absolute atomic E-state index is 12.1. The van der Waals surface area contributed by atoms with Crippen LogP contribution < -0.4 is 5.56 Å². The maximum Gasteiger partial charge on any atom is 0.276 e. The highest BCUT2D eigenvalue weighted by molar-refractivity contribution is 7.99. The van der Waals surface area contributed by atoms with Crippen LogP contribution in [-0.4, -0.2) is 25.0 Å². The van der Waals surface area contributed by atoms with Gasteiger partial charge in [0.15, 0.2) is 10.8 Å². The zero-order valence-electron chi connectivity index (χ0n) is 11.7. The van der Waals surface area contributed by atoms with Crippen LogP contribution in [-0.2, 0) is 0 Å². The summed E-state index contributed by atoms with van der Waals surface area (Å²) in [6.07, 6.45) is 0. The summed E-state index contributed by atoms with van der Waals surface area (Å²) in [7, 11) is 0. The Labute approximate surface area is 130 Å². The molecular formula is C15H12N4O2S. The molecule has 2 aromatic heterocycles. The Bertz CT molecular complexity index is 938. The Morgan fingerprint density at radius 3 is 2.73 bits per heavy atom. The first kappa shape index (κ1) is 14.2. The van der Waals surface area contributed by atoms with Crippen LogP contribution in [0, 0.1) is 11.3 Å². The number of aromatic hydroxyl groups is 1. The Balaban J connectivity index is 2.50. The summed E-state index contributed by atoms with van der Waals surface area (Å²) in [5.74, 6) is 0.427. The van der Waals surface area contributed by atoms with Crippen molar-refractivity contribution in [2.24, 2.45) is 0 Å². The smallest absolute Gasteiger partial charge is 0.276 e. The van der Waals surface area contributed by atoms with E-state index in [2.05, 4.69) is 5.10 Å². The number of fused-ring (bicyclic) bond motifs is 1. The highest BCUT2D eigenvalue weighted by atomic mass is 32.2. The highest BCUT2D eigenvalue weighted by Gasteiger charge is 2.20. The van der Waals surface area contributed by atoms with Crippen molar-refractivity contribution in [1.29, 1.82) is 5.26 Å². The minimum absolute atomic E-state index is 0.0268. The molecule has 0 aliphatic rings. The third kappa shape index (κ3) is 2.14. The van der Waals surface area contributed by atoms with Crippen molar-refractivity contribution >= 4 is 17.4 Å². The molecule has 0 fully saturated rings. The van der Waals surface area contributed by atoms with Crippen LogP contribution in [0.4, 0.5) is 0 Å². The normalized spacial score (nSPS) is 10.7. The molecule has 1 aromatic carbocycles. The summed E-state index contributed by atoms with van der Waals surface area (Å²) in [5.41, 5.74) is 0.600. The van der Waals surface area contributed by atoms with E-state index in [1.807, 2.05) is 43.3 Å². The molecular weight excluding hydrogens is 300 g/mol. The summed E-state index contributed by atoms with van der Waals surface area (Å²) < 4.78 is 2.87. The summed E-state index contributed by atoms with van der Waals surface area (Å²) in [6, 6.07) is 12.3. The second kappa shape index (κ2) is 5.58. The topological polar surface area (TPSA) is 83.3 Å². The molecule has 0 bridgehead atoms. The molecule has 7 heteroatoms. The average molecular weight is 312 g/mol. The van der Waals surface area contributed by atoms with Crippen molar-refractivity contribution in [1.82, 2.24) is 14.2 Å². The standard InChI is InChI=1S/C15H12N4O2S/c1-2-22-15-17-19-13(21)8-12(20)11(9-16)14(19)18(15)10-6-4-3-5-7-10/h3-8,20H,2H2,1H3. The van der Waals surface area contributed by atoms with Crippen LogP contribution in [0.5, 0.6) is 5.75 Å². The van der Waals surface area contributed by atoms with Gasteiger partial charge in [0.05, 0.1) is 0 Å². The molecule has 0 amide bonds. The van der Waals surface area contributed by atoms with Gasteiger partial charge in [0.2, 0.25) is 0 Å². The lowest BCUT2D eigenvalue weighted by Crippen LogP contribution is -2.14. The van der Waals surface area contributed by atoms with Crippen molar-refractivity contribution in [3.05, 3.63) is 52.3 Å². The van der Waals surface area contributed by atoms with E-state index in [1.54, 1.807) is 4.57 Å². The van der Waals surface area contributed by atoms with E-state index in [4.69, 9.17) is 0 Å². The van der Waals surface area contributed by atoms with Gasteiger partial charge in [-0.3, -0.25) is 9.36 Å². The molecule has 110 valence electrons.